The van der Waals surface area contributed by atoms with E-state index in [0.717, 1.165) is 11.7 Å². The molecule has 1 aromatic carbocycles. The van der Waals surface area contributed by atoms with Gasteiger partial charge in [-0.15, -0.1) is 0 Å². The number of aryl methyl sites for hydroxylation is 2. The lowest BCUT2D eigenvalue weighted by atomic mass is 9.88. The van der Waals surface area contributed by atoms with E-state index in [1.54, 1.807) is 7.11 Å². The molecule has 1 saturated carbocycles. The van der Waals surface area contributed by atoms with Crippen molar-refractivity contribution in [2.75, 3.05) is 7.11 Å². The number of ether oxygens (including phenoxy) is 1. The summed E-state index contributed by atoms with van der Waals surface area (Å²) in [6, 6.07) is 4.52. The average Bonchev–Trinajstić information content (AvgIpc) is 2.89. The van der Waals surface area contributed by atoms with Crippen LogP contribution in [0.15, 0.2) is 12.1 Å². The minimum Gasteiger partial charge on any atom is -0.496 e. The number of hydrogen-bond acceptors (Lipinski definition) is 2. The van der Waals surface area contributed by atoms with Crippen LogP contribution in [0.5, 0.6) is 5.75 Å². The molecule has 106 valence electrons. The van der Waals surface area contributed by atoms with Crippen molar-refractivity contribution in [3.8, 4) is 5.75 Å². The van der Waals surface area contributed by atoms with E-state index < -0.39 is 0 Å². The largest absolute Gasteiger partial charge is 0.496 e. The van der Waals surface area contributed by atoms with Gasteiger partial charge in [0.25, 0.3) is 0 Å². The fourth-order valence-corrected chi connectivity index (χ4v) is 3.46. The summed E-state index contributed by atoms with van der Waals surface area (Å²) < 4.78 is 5.38. The van der Waals surface area contributed by atoms with Gasteiger partial charge >= 0.3 is 0 Å². The lowest BCUT2D eigenvalue weighted by molar-refractivity contribution is 0.405. The van der Waals surface area contributed by atoms with Crippen molar-refractivity contribution in [3.63, 3.8) is 0 Å². The first-order valence-corrected chi connectivity index (χ1v) is 7.47. The highest BCUT2D eigenvalue weighted by Gasteiger charge is 2.29. The Morgan fingerprint density at radius 3 is 2.58 bits per heavy atom. The zero-order chi connectivity index (χ0) is 14.0. The second-order valence-electron chi connectivity index (χ2n) is 6.05. The van der Waals surface area contributed by atoms with Crippen LogP contribution in [0, 0.1) is 25.7 Å². The number of rotatable bonds is 4. The molecule has 0 heterocycles. The third-order valence-electron chi connectivity index (χ3n) is 4.81. The van der Waals surface area contributed by atoms with E-state index in [0.29, 0.717) is 5.92 Å². The highest BCUT2D eigenvalue weighted by atomic mass is 16.5. The predicted octanol–water partition coefficient (Wildman–Crippen LogP) is 4.14. The second-order valence-corrected chi connectivity index (χ2v) is 6.05. The van der Waals surface area contributed by atoms with Crippen LogP contribution in [0.25, 0.3) is 0 Å². The summed E-state index contributed by atoms with van der Waals surface area (Å²) in [5.41, 5.74) is 10.3. The van der Waals surface area contributed by atoms with Gasteiger partial charge in [0, 0.05) is 6.04 Å². The topological polar surface area (TPSA) is 35.2 Å². The predicted molar refractivity (Wildman–Crippen MR) is 80.5 cm³/mol. The van der Waals surface area contributed by atoms with Crippen LogP contribution in [0.3, 0.4) is 0 Å². The minimum absolute atomic E-state index is 0.182. The van der Waals surface area contributed by atoms with Crippen molar-refractivity contribution in [2.45, 2.75) is 52.5 Å². The van der Waals surface area contributed by atoms with Crippen LogP contribution in [0.4, 0.5) is 0 Å². The van der Waals surface area contributed by atoms with Crippen molar-refractivity contribution in [1.29, 1.82) is 0 Å². The summed E-state index contributed by atoms with van der Waals surface area (Å²) in [6.07, 6.45) is 5.22. The van der Waals surface area contributed by atoms with Crippen molar-refractivity contribution in [3.05, 3.63) is 28.8 Å². The molecule has 2 N–H and O–H groups in total. The molecule has 2 nitrogen and oxygen atoms in total. The van der Waals surface area contributed by atoms with E-state index >= 15 is 0 Å². The van der Waals surface area contributed by atoms with Gasteiger partial charge in [-0.2, -0.15) is 0 Å². The van der Waals surface area contributed by atoms with Crippen LogP contribution in [0.1, 0.15) is 55.3 Å². The number of nitrogens with two attached hydrogens (primary N) is 1. The molecular formula is C17H27NO. The highest BCUT2D eigenvalue weighted by molar-refractivity contribution is 5.43. The first-order valence-electron chi connectivity index (χ1n) is 7.47. The summed E-state index contributed by atoms with van der Waals surface area (Å²) >= 11 is 0. The summed E-state index contributed by atoms with van der Waals surface area (Å²) in [5, 5.41) is 0. The summed E-state index contributed by atoms with van der Waals surface area (Å²) in [7, 11) is 1.73. The fraction of sp³-hybridized carbons (Fsp3) is 0.647. The maximum atomic E-state index is 6.54. The quantitative estimate of drug-likeness (QED) is 0.884. The Hall–Kier alpha value is -1.02. The van der Waals surface area contributed by atoms with Gasteiger partial charge in [0.15, 0.2) is 0 Å². The van der Waals surface area contributed by atoms with E-state index in [4.69, 9.17) is 10.5 Å². The zero-order valence-electron chi connectivity index (χ0n) is 12.7. The van der Waals surface area contributed by atoms with Crippen LogP contribution in [-0.2, 0) is 0 Å². The average molecular weight is 261 g/mol. The van der Waals surface area contributed by atoms with E-state index in [9.17, 15) is 0 Å². The zero-order valence-corrected chi connectivity index (χ0v) is 12.7. The number of methoxy groups -OCH3 is 1. The summed E-state index contributed by atoms with van der Waals surface area (Å²) in [4.78, 5) is 0. The van der Waals surface area contributed by atoms with E-state index in [1.165, 1.54) is 42.4 Å². The van der Waals surface area contributed by atoms with Crippen molar-refractivity contribution in [1.82, 2.24) is 0 Å². The third-order valence-corrected chi connectivity index (χ3v) is 4.81. The normalized spacial score (nSPS) is 24.5. The smallest absolute Gasteiger partial charge is 0.122 e. The Kier molecular flexibility index (Phi) is 4.51. The molecule has 19 heavy (non-hydrogen) atoms. The molecular weight excluding hydrogens is 234 g/mol. The van der Waals surface area contributed by atoms with Gasteiger partial charge in [-0.1, -0.05) is 25.8 Å². The first-order chi connectivity index (χ1) is 9.06. The molecule has 1 aromatic rings. The van der Waals surface area contributed by atoms with Gasteiger partial charge in [-0.3, -0.25) is 0 Å². The molecule has 2 heteroatoms. The highest BCUT2D eigenvalue weighted by Crippen LogP contribution is 2.40. The Morgan fingerprint density at radius 1 is 1.26 bits per heavy atom. The van der Waals surface area contributed by atoms with Crippen molar-refractivity contribution in [2.24, 2.45) is 17.6 Å². The Labute approximate surface area is 117 Å². The van der Waals surface area contributed by atoms with Crippen molar-refractivity contribution >= 4 is 0 Å². The molecule has 0 aliphatic heterocycles. The first kappa shape index (κ1) is 14.4. The molecule has 3 atom stereocenters. The van der Waals surface area contributed by atoms with Gasteiger partial charge in [-0.25, -0.2) is 0 Å². The molecule has 0 spiro atoms. The minimum atomic E-state index is 0.182. The number of benzene rings is 1. The lowest BCUT2D eigenvalue weighted by Gasteiger charge is -2.23. The third kappa shape index (κ3) is 2.94. The van der Waals surface area contributed by atoms with E-state index in [1.807, 2.05) is 0 Å². The van der Waals surface area contributed by atoms with Gasteiger partial charge < -0.3 is 10.5 Å². The molecule has 1 aliphatic rings. The van der Waals surface area contributed by atoms with Gasteiger partial charge in [-0.05, 0) is 61.3 Å². The molecule has 0 saturated heterocycles. The van der Waals surface area contributed by atoms with Crippen molar-refractivity contribution < 1.29 is 4.74 Å². The molecule has 0 radical (unpaired) electrons. The van der Waals surface area contributed by atoms with Gasteiger partial charge in [0.2, 0.25) is 0 Å². The molecule has 0 amide bonds. The summed E-state index contributed by atoms with van der Waals surface area (Å²) in [5.74, 6) is 2.50. The van der Waals surface area contributed by atoms with Crippen LogP contribution in [0.2, 0.25) is 0 Å². The standard InChI is InChI=1S/C17H27NO/c1-5-13-6-7-14(10-13)17(18)15-8-12(3)16(19-4)9-11(15)2/h8-9,13-14,17H,5-7,10,18H2,1-4H3. The number of hydrogen-bond donors (Lipinski definition) is 1. The maximum Gasteiger partial charge on any atom is 0.122 e. The van der Waals surface area contributed by atoms with Crippen LogP contribution < -0.4 is 10.5 Å². The summed E-state index contributed by atoms with van der Waals surface area (Å²) in [6.45, 7) is 6.53. The molecule has 1 aliphatic carbocycles. The van der Waals surface area contributed by atoms with Gasteiger partial charge in [0.05, 0.1) is 7.11 Å². The van der Waals surface area contributed by atoms with Crippen LogP contribution in [-0.4, -0.2) is 7.11 Å². The van der Waals surface area contributed by atoms with E-state index in [-0.39, 0.29) is 6.04 Å². The fourth-order valence-electron chi connectivity index (χ4n) is 3.46. The Bertz CT molecular complexity index is 441. The van der Waals surface area contributed by atoms with Crippen LogP contribution >= 0.6 is 0 Å². The van der Waals surface area contributed by atoms with Gasteiger partial charge in [0.1, 0.15) is 5.75 Å². The molecule has 0 bridgehead atoms. The van der Waals surface area contributed by atoms with E-state index in [2.05, 4.69) is 32.9 Å². The lowest BCUT2D eigenvalue weighted by Crippen LogP contribution is -2.20. The monoisotopic (exact) mass is 261 g/mol. The molecule has 0 aromatic heterocycles. The maximum absolute atomic E-state index is 6.54. The molecule has 2 rings (SSSR count). The molecule has 3 unspecified atom stereocenters. The second kappa shape index (κ2) is 5.96. The molecule has 1 fully saturated rings. The Morgan fingerprint density at radius 2 is 2.00 bits per heavy atom. The SMILES string of the molecule is CCC1CCC(C(N)c2cc(C)c(OC)cc2C)C1. The Balaban J connectivity index is 2.20.